The van der Waals surface area contributed by atoms with Crippen LogP contribution >= 0.6 is 0 Å². The lowest BCUT2D eigenvalue weighted by Crippen LogP contribution is -2.57. The van der Waals surface area contributed by atoms with Crippen LogP contribution in [0, 0.1) is 5.82 Å². The summed E-state index contributed by atoms with van der Waals surface area (Å²) in [5.41, 5.74) is 1.89. The highest BCUT2D eigenvalue weighted by Crippen LogP contribution is 2.21. The Balaban J connectivity index is 1.60. The van der Waals surface area contributed by atoms with Crippen molar-refractivity contribution in [3.8, 4) is 0 Å². The molecule has 2 aromatic rings. The molecular weight excluding hydrogens is 323 g/mol. The van der Waals surface area contributed by atoms with E-state index in [1.807, 2.05) is 24.7 Å². The highest BCUT2D eigenvalue weighted by Gasteiger charge is 2.29. The summed E-state index contributed by atoms with van der Waals surface area (Å²) in [5, 5.41) is 3.86. The van der Waals surface area contributed by atoms with Crippen LogP contribution < -0.4 is 5.32 Å². The molecule has 6 nitrogen and oxygen atoms in total. The normalized spacial score (nSPS) is 18.1. The monoisotopic (exact) mass is 346 g/mol. The van der Waals surface area contributed by atoms with E-state index < -0.39 is 0 Å². The summed E-state index contributed by atoms with van der Waals surface area (Å²) in [5.74, 6) is -0.313. The third-order valence-corrected chi connectivity index (χ3v) is 4.86. The number of likely N-dealkylation sites (N-methyl/N-ethyl adjacent to an activating group) is 1. The van der Waals surface area contributed by atoms with Crippen LogP contribution in [0.3, 0.4) is 0 Å². The minimum Gasteiger partial charge on any atom is -0.350 e. The summed E-state index contributed by atoms with van der Waals surface area (Å²) in [6.07, 6.45) is 2.60. The zero-order valence-electron chi connectivity index (χ0n) is 14.8. The Morgan fingerprint density at radius 2 is 2.12 bits per heavy atom. The van der Waals surface area contributed by atoms with Crippen LogP contribution in [0.15, 0.2) is 24.4 Å². The van der Waals surface area contributed by atoms with E-state index in [-0.39, 0.29) is 30.3 Å². The maximum atomic E-state index is 13.4. The van der Waals surface area contributed by atoms with Crippen molar-refractivity contribution in [2.45, 2.75) is 19.4 Å². The van der Waals surface area contributed by atoms with Gasteiger partial charge in [0.05, 0.1) is 5.52 Å². The molecule has 134 valence electrons. The van der Waals surface area contributed by atoms with E-state index >= 15 is 0 Å². The lowest BCUT2D eigenvalue weighted by Gasteiger charge is -2.37. The van der Waals surface area contributed by atoms with Gasteiger partial charge >= 0.3 is 6.03 Å². The number of aromatic nitrogens is 1. The van der Waals surface area contributed by atoms with E-state index in [0.29, 0.717) is 19.5 Å². The van der Waals surface area contributed by atoms with Gasteiger partial charge in [-0.25, -0.2) is 9.18 Å². The number of hydrogen-bond acceptors (Lipinski definition) is 2. The average molecular weight is 346 g/mol. The minimum atomic E-state index is -0.262. The first-order valence-electron chi connectivity index (χ1n) is 8.38. The number of benzene rings is 1. The maximum Gasteiger partial charge on any atom is 0.317 e. The smallest absolute Gasteiger partial charge is 0.317 e. The van der Waals surface area contributed by atoms with Crippen molar-refractivity contribution < 1.29 is 14.0 Å². The zero-order chi connectivity index (χ0) is 18.1. The van der Waals surface area contributed by atoms with Crippen LogP contribution in [0.1, 0.15) is 12.5 Å². The van der Waals surface area contributed by atoms with E-state index in [4.69, 9.17) is 0 Å². The molecule has 0 bridgehead atoms. The zero-order valence-corrected chi connectivity index (χ0v) is 14.8. The standard InChI is InChI=1S/C18H23FN4O2/c1-12-9-23(11-17(24)22(12)3)18(25)20-7-6-13-10-21(2)16-8-14(19)4-5-15(13)16/h4-5,8,10,12H,6-7,9,11H2,1-3H3,(H,20,25). The van der Waals surface area contributed by atoms with Gasteiger partial charge in [0.15, 0.2) is 0 Å². The van der Waals surface area contributed by atoms with Crippen LogP contribution in [0.25, 0.3) is 10.9 Å². The molecule has 1 unspecified atom stereocenters. The Morgan fingerprint density at radius 1 is 1.36 bits per heavy atom. The van der Waals surface area contributed by atoms with Crippen LogP contribution in [-0.4, -0.2) is 59.0 Å². The Labute approximate surface area is 146 Å². The number of piperazine rings is 1. The quantitative estimate of drug-likeness (QED) is 0.920. The van der Waals surface area contributed by atoms with Gasteiger partial charge < -0.3 is 19.7 Å². The number of nitrogens with one attached hydrogen (secondary N) is 1. The molecule has 3 amide bonds. The van der Waals surface area contributed by atoms with Crippen molar-refractivity contribution in [3.63, 3.8) is 0 Å². The molecule has 1 atom stereocenters. The maximum absolute atomic E-state index is 13.4. The first kappa shape index (κ1) is 17.3. The van der Waals surface area contributed by atoms with Crippen LogP contribution in [0.4, 0.5) is 9.18 Å². The van der Waals surface area contributed by atoms with E-state index in [2.05, 4.69) is 5.32 Å². The number of urea groups is 1. The van der Waals surface area contributed by atoms with Gasteiger partial charge in [-0.2, -0.15) is 0 Å². The first-order chi connectivity index (χ1) is 11.9. The number of amides is 3. The third kappa shape index (κ3) is 3.45. The molecule has 1 fully saturated rings. The molecule has 0 saturated carbocycles. The molecule has 0 spiro atoms. The second-order valence-electron chi connectivity index (χ2n) is 6.64. The van der Waals surface area contributed by atoms with Crippen LogP contribution in [0.2, 0.25) is 0 Å². The van der Waals surface area contributed by atoms with Crippen molar-refractivity contribution in [1.29, 1.82) is 0 Å². The number of aryl methyl sites for hydroxylation is 1. The van der Waals surface area contributed by atoms with Gasteiger partial charge in [0.1, 0.15) is 12.4 Å². The Morgan fingerprint density at radius 3 is 2.84 bits per heavy atom. The fraction of sp³-hybridized carbons (Fsp3) is 0.444. The van der Waals surface area contributed by atoms with Gasteiger partial charge in [0.2, 0.25) is 5.91 Å². The number of nitrogens with zero attached hydrogens (tertiary/aromatic N) is 3. The summed E-state index contributed by atoms with van der Waals surface area (Å²) in [6.45, 7) is 3.03. The molecule has 1 aliphatic rings. The second-order valence-corrected chi connectivity index (χ2v) is 6.64. The van der Waals surface area contributed by atoms with Crippen LogP contribution in [-0.2, 0) is 18.3 Å². The van der Waals surface area contributed by atoms with Gasteiger partial charge in [0, 0.05) is 44.8 Å². The number of rotatable bonds is 3. The highest BCUT2D eigenvalue weighted by atomic mass is 19.1. The predicted molar refractivity (Wildman–Crippen MR) is 93.8 cm³/mol. The largest absolute Gasteiger partial charge is 0.350 e. The molecule has 1 N–H and O–H groups in total. The molecule has 1 aliphatic heterocycles. The Kier molecular flexibility index (Phi) is 4.65. The molecule has 7 heteroatoms. The lowest BCUT2D eigenvalue weighted by atomic mass is 10.1. The topological polar surface area (TPSA) is 57.6 Å². The predicted octanol–water partition coefficient (Wildman–Crippen LogP) is 1.73. The van der Waals surface area contributed by atoms with Gasteiger partial charge in [-0.1, -0.05) is 0 Å². The number of carbonyl (C=O) groups is 2. The number of carbonyl (C=O) groups excluding carboxylic acids is 2. The van der Waals surface area contributed by atoms with Crippen molar-refractivity contribution in [3.05, 3.63) is 35.8 Å². The third-order valence-electron chi connectivity index (χ3n) is 4.86. The highest BCUT2D eigenvalue weighted by molar-refractivity contribution is 5.86. The van der Waals surface area contributed by atoms with E-state index in [9.17, 15) is 14.0 Å². The summed E-state index contributed by atoms with van der Waals surface area (Å²) in [4.78, 5) is 27.4. The fourth-order valence-electron chi connectivity index (χ4n) is 3.24. The van der Waals surface area contributed by atoms with Crippen molar-refractivity contribution in [2.24, 2.45) is 7.05 Å². The molecule has 25 heavy (non-hydrogen) atoms. The molecule has 2 heterocycles. The molecule has 1 aromatic carbocycles. The average Bonchev–Trinajstić information content (AvgIpc) is 2.87. The SMILES string of the molecule is CC1CN(C(=O)NCCc2cn(C)c3cc(F)ccc23)CC(=O)N1C. The lowest BCUT2D eigenvalue weighted by molar-refractivity contribution is -0.135. The van der Waals surface area contributed by atoms with Crippen molar-refractivity contribution in [1.82, 2.24) is 19.7 Å². The summed E-state index contributed by atoms with van der Waals surface area (Å²) < 4.78 is 15.3. The molecular formula is C18H23FN4O2. The van der Waals surface area contributed by atoms with E-state index in [1.165, 1.54) is 12.1 Å². The summed E-state index contributed by atoms with van der Waals surface area (Å²) in [7, 11) is 3.63. The van der Waals surface area contributed by atoms with Crippen molar-refractivity contribution in [2.75, 3.05) is 26.7 Å². The molecule has 1 saturated heterocycles. The Bertz CT molecular complexity index is 817. The van der Waals surface area contributed by atoms with Gasteiger partial charge in [-0.3, -0.25) is 4.79 Å². The minimum absolute atomic E-state index is 0.0139. The van der Waals surface area contributed by atoms with Gasteiger partial charge in [-0.05, 0) is 37.1 Å². The molecule has 1 aromatic heterocycles. The molecule has 0 aliphatic carbocycles. The van der Waals surface area contributed by atoms with Crippen LogP contribution in [0.5, 0.6) is 0 Å². The Hall–Kier alpha value is -2.57. The summed E-state index contributed by atoms with van der Waals surface area (Å²) in [6, 6.07) is 4.51. The second kappa shape index (κ2) is 6.74. The first-order valence-corrected chi connectivity index (χ1v) is 8.38. The number of halogens is 1. The van der Waals surface area contributed by atoms with E-state index in [0.717, 1.165) is 16.5 Å². The van der Waals surface area contributed by atoms with Gasteiger partial charge in [-0.15, -0.1) is 0 Å². The fourth-order valence-corrected chi connectivity index (χ4v) is 3.24. The number of fused-ring (bicyclic) bond motifs is 1. The van der Waals surface area contributed by atoms with E-state index in [1.54, 1.807) is 22.9 Å². The molecule has 3 rings (SSSR count). The van der Waals surface area contributed by atoms with Crippen molar-refractivity contribution >= 4 is 22.8 Å². The molecule has 0 radical (unpaired) electrons. The summed E-state index contributed by atoms with van der Waals surface area (Å²) >= 11 is 0. The number of hydrogen-bond donors (Lipinski definition) is 1. The van der Waals surface area contributed by atoms with Gasteiger partial charge in [0.25, 0.3) is 0 Å².